The quantitative estimate of drug-likeness (QED) is 0.0849. The first kappa shape index (κ1) is 33.0. The van der Waals surface area contributed by atoms with Crippen molar-refractivity contribution in [2.75, 3.05) is 27.1 Å². The highest BCUT2D eigenvalue weighted by Crippen LogP contribution is 2.23. The first-order valence-corrected chi connectivity index (χ1v) is 15.0. The van der Waals surface area contributed by atoms with Crippen molar-refractivity contribution in [2.24, 2.45) is 0 Å². The maximum absolute atomic E-state index is 13.1. The molecular formula is C34H48O7. The van der Waals surface area contributed by atoms with Crippen molar-refractivity contribution in [2.45, 2.75) is 95.9 Å². The van der Waals surface area contributed by atoms with Gasteiger partial charge in [-0.1, -0.05) is 105 Å². The summed E-state index contributed by atoms with van der Waals surface area (Å²) in [4.78, 5) is 13.1. The normalized spacial score (nSPS) is 21.2. The van der Waals surface area contributed by atoms with Gasteiger partial charge < -0.3 is 28.4 Å². The Morgan fingerprint density at radius 1 is 0.902 bits per heavy atom. The van der Waals surface area contributed by atoms with E-state index in [0.29, 0.717) is 39.3 Å². The van der Waals surface area contributed by atoms with Gasteiger partial charge in [-0.25, -0.2) is 0 Å². The largest absolute Gasteiger partial charge is 0.459 e. The van der Waals surface area contributed by atoms with E-state index in [1.807, 2.05) is 66.7 Å². The fourth-order valence-corrected chi connectivity index (χ4v) is 4.77. The standard InChI is InChI=1S/C34H48O7/c1-3-4-5-12-18-31(40-27-37-24-23-36-2)33-20-13-19-30(38-25-28-14-8-6-9-15-28)32(21-22-34(35)41-33)39-26-29-16-10-7-11-17-29/h6-11,13-17,19,30-33H,3-5,12,18,20-27H2,1-2H3/b19-13-/t30?,31-,32+,33-/m0/s1. The molecule has 3 rings (SSSR count). The van der Waals surface area contributed by atoms with Crippen LogP contribution >= 0.6 is 0 Å². The van der Waals surface area contributed by atoms with Crippen LogP contribution in [0.25, 0.3) is 0 Å². The molecule has 1 aliphatic rings. The number of carbonyl (C=O) groups excluding carboxylic acids is 1. The van der Waals surface area contributed by atoms with Crippen molar-refractivity contribution >= 4 is 5.97 Å². The third-order valence-corrected chi connectivity index (χ3v) is 7.12. The first-order chi connectivity index (χ1) is 20.2. The lowest BCUT2D eigenvalue weighted by molar-refractivity contribution is -0.170. The van der Waals surface area contributed by atoms with Crippen LogP contribution in [0.5, 0.6) is 0 Å². The number of rotatable bonds is 18. The molecule has 0 saturated heterocycles. The van der Waals surface area contributed by atoms with E-state index in [1.165, 1.54) is 6.42 Å². The van der Waals surface area contributed by atoms with Gasteiger partial charge in [0.25, 0.3) is 0 Å². The zero-order valence-electron chi connectivity index (χ0n) is 24.8. The molecule has 41 heavy (non-hydrogen) atoms. The highest BCUT2D eigenvalue weighted by Gasteiger charge is 2.29. The Labute approximate surface area is 246 Å². The summed E-state index contributed by atoms with van der Waals surface area (Å²) in [5.74, 6) is -0.247. The Kier molecular flexibility index (Phi) is 16.4. The van der Waals surface area contributed by atoms with Crippen LogP contribution < -0.4 is 0 Å². The first-order valence-electron chi connectivity index (χ1n) is 15.0. The average Bonchev–Trinajstić information content (AvgIpc) is 3.00. The molecule has 0 spiro atoms. The Morgan fingerprint density at radius 3 is 2.29 bits per heavy atom. The zero-order chi connectivity index (χ0) is 29.0. The molecular weight excluding hydrogens is 520 g/mol. The Balaban J connectivity index is 1.71. The fraction of sp³-hybridized carbons (Fsp3) is 0.559. The molecule has 1 heterocycles. The average molecular weight is 569 g/mol. The van der Waals surface area contributed by atoms with E-state index >= 15 is 0 Å². The van der Waals surface area contributed by atoms with Crippen molar-refractivity contribution in [1.82, 2.24) is 0 Å². The van der Waals surface area contributed by atoms with Crippen molar-refractivity contribution in [3.8, 4) is 0 Å². The van der Waals surface area contributed by atoms with Gasteiger partial charge in [0, 0.05) is 20.0 Å². The van der Waals surface area contributed by atoms with Gasteiger partial charge in [0.05, 0.1) is 38.6 Å². The Hall–Kier alpha value is -2.55. The maximum atomic E-state index is 13.1. The van der Waals surface area contributed by atoms with Gasteiger partial charge >= 0.3 is 5.97 Å². The summed E-state index contributed by atoms with van der Waals surface area (Å²) in [7, 11) is 1.64. The highest BCUT2D eigenvalue weighted by atomic mass is 16.7. The minimum atomic E-state index is -0.400. The minimum absolute atomic E-state index is 0.137. The molecule has 0 fully saturated rings. The number of carbonyl (C=O) groups is 1. The summed E-state index contributed by atoms with van der Waals surface area (Å²) in [6, 6.07) is 20.2. The van der Waals surface area contributed by atoms with Crippen LogP contribution in [0.3, 0.4) is 0 Å². The summed E-state index contributed by atoms with van der Waals surface area (Å²) in [5.41, 5.74) is 2.17. The number of hydrogen-bond acceptors (Lipinski definition) is 7. The van der Waals surface area contributed by atoms with E-state index in [-0.39, 0.29) is 37.5 Å². The Bertz CT molecular complexity index is 966. The summed E-state index contributed by atoms with van der Waals surface area (Å²) < 4.78 is 35.5. The van der Waals surface area contributed by atoms with E-state index in [1.54, 1.807) is 7.11 Å². The van der Waals surface area contributed by atoms with Crippen molar-refractivity contribution in [1.29, 1.82) is 0 Å². The molecule has 7 nitrogen and oxygen atoms in total. The van der Waals surface area contributed by atoms with Gasteiger partial charge in [0.2, 0.25) is 0 Å². The van der Waals surface area contributed by atoms with Gasteiger partial charge in [0.1, 0.15) is 19.0 Å². The molecule has 0 amide bonds. The van der Waals surface area contributed by atoms with Gasteiger partial charge in [0.15, 0.2) is 0 Å². The van der Waals surface area contributed by atoms with E-state index in [4.69, 9.17) is 28.4 Å². The molecule has 1 unspecified atom stereocenters. The second-order valence-electron chi connectivity index (χ2n) is 10.4. The zero-order valence-corrected chi connectivity index (χ0v) is 24.8. The van der Waals surface area contributed by atoms with E-state index in [2.05, 4.69) is 13.0 Å². The molecule has 0 aromatic heterocycles. The lowest BCUT2D eigenvalue weighted by Gasteiger charge is -2.30. The number of methoxy groups -OCH3 is 1. The monoisotopic (exact) mass is 568 g/mol. The summed E-state index contributed by atoms with van der Waals surface area (Å²) in [6.45, 7) is 4.18. The van der Waals surface area contributed by atoms with Crippen LogP contribution in [0.15, 0.2) is 72.8 Å². The molecule has 4 atom stereocenters. The van der Waals surface area contributed by atoms with Crippen LogP contribution in [0.4, 0.5) is 0 Å². The minimum Gasteiger partial charge on any atom is -0.459 e. The number of unbranched alkanes of at least 4 members (excludes halogenated alkanes) is 3. The number of cyclic esters (lactones) is 1. The predicted molar refractivity (Wildman–Crippen MR) is 159 cm³/mol. The van der Waals surface area contributed by atoms with E-state index in [0.717, 1.165) is 36.8 Å². The summed E-state index contributed by atoms with van der Waals surface area (Å²) in [6.07, 6.45) is 9.36. The molecule has 1 aliphatic heterocycles. The molecule has 2 aromatic carbocycles. The molecule has 0 aliphatic carbocycles. The van der Waals surface area contributed by atoms with E-state index in [9.17, 15) is 4.79 Å². The maximum Gasteiger partial charge on any atom is 0.306 e. The van der Waals surface area contributed by atoms with Gasteiger partial charge in [-0.2, -0.15) is 0 Å². The molecule has 7 heteroatoms. The molecule has 0 radical (unpaired) electrons. The lowest BCUT2D eigenvalue weighted by Crippen LogP contribution is -2.36. The number of hydrogen-bond donors (Lipinski definition) is 0. The lowest BCUT2D eigenvalue weighted by atomic mass is 10.00. The summed E-state index contributed by atoms with van der Waals surface area (Å²) in [5, 5.41) is 0. The third-order valence-electron chi connectivity index (χ3n) is 7.12. The molecule has 226 valence electrons. The Morgan fingerprint density at radius 2 is 1.61 bits per heavy atom. The van der Waals surface area contributed by atoms with Crippen LogP contribution in [0.2, 0.25) is 0 Å². The third kappa shape index (κ3) is 13.3. The van der Waals surface area contributed by atoms with Crippen molar-refractivity contribution in [3.63, 3.8) is 0 Å². The predicted octanol–water partition coefficient (Wildman–Crippen LogP) is 6.79. The second kappa shape index (κ2) is 20.3. The van der Waals surface area contributed by atoms with Crippen LogP contribution in [0.1, 0.15) is 69.4 Å². The molecule has 2 aromatic rings. The number of ether oxygens (including phenoxy) is 6. The van der Waals surface area contributed by atoms with Gasteiger partial charge in [-0.05, 0) is 24.0 Å². The van der Waals surface area contributed by atoms with Crippen LogP contribution in [-0.4, -0.2) is 57.5 Å². The molecule has 0 bridgehead atoms. The molecule has 0 saturated carbocycles. The highest BCUT2D eigenvalue weighted by molar-refractivity contribution is 5.69. The van der Waals surface area contributed by atoms with Gasteiger partial charge in [-0.3, -0.25) is 4.79 Å². The van der Waals surface area contributed by atoms with Crippen LogP contribution in [0, 0.1) is 0 Å². The number of benzene rings is 2. The SMILES string of the molecule is CCCCCC[C@H](OCOCCOC)[C@@H]1C/C=C\C(OCc2ccccc2)[C@H](OCc2ccccc2)CCC(=O)O1. The van der Waals surface area contributed by atoms with Crippen LogP contribution in [-0.2, 0) is 46.4 Å². The second-order valence-corrected chi connectivity index (χ2v) is 10.4. The fourth-order valence-electron chi connectivity index (χ4n) is 4.77. The number of esters is 1. The van der Waals surface area contributed by atoms with Gasteiger partial charge in [-0.15, -0.1) is 0 Å². The van der Waals surface area contributed by atoms with Crippen molar-refractivity contribution in [3.05, 3.63) is 83.9 Å². The van der Waals surface area contributed by atoms with E-state index < -0.39 is 6.10 Å². The smallest absolute Gasteiger partial charge is 0.306 e. The summed E-state index contributed by atoms with van der Waals surface area (Å²) >= 11 is 0. The molecule has 0 N–H and O–H groups in total. The topological polar surface area (TPSA) is 72.5 Å². The van der Waals surface area contributed by atoms with Crippen molar-refractivity contribution < 1.29 is 33.2 Å².